The normalized spacial score (nSPS) is 23.2. The molecule has 0 bridgehead atoms. The zero-order chi connectivity index (χ0) is 17.0. The van der Waals surface area contributed by atoms with E-state index >= 15 is 0 Å². The molecule has 4 nitrogen and oxygen atoms in total. The van der Waals surface area contributed by atoms with E-state index in [1.807, 2.05) is 12.1 Å². The molecule has 1 amide bonds. The first-order valence-corrected chi connectivity index (χ1v) is 8.56. The molecule has 1 aromatic carbocycles. The van der Waals surface area contributed by atoms with Crippen molar-refractivity contribution in [2.45, 2.75) is 71.1 Å². The van der Waals surface area contributed by atoms with Crippen molar-refractivity contribution in [3.05, 3.63) is 29.8 Å². The van der Waals surface area contributed by atoms with Crippen LogP contribution in [0.3, 0.4) is 0 Å². The Kier molecular flexibility index (Phi) is 5.69. The molecule has 0 aromatic heterocycles. The number of ether oxygens (including phenoxy) is 1. The van der Waals surface area contributed by atoms with Gasteiger partial charge in [-0.25, -0.2) is 0 Å². The van der Waals surface area contributed by atoms with Crippen molar-refractivity contribution in [2.75, 3.05) is 6.54 Å². The largest absolute Gasteiger partial charge is 0.481 e. The Labute approximate surface area is 140 Å². The highest BCUT2D eigenvalue weighted by Crippen LogP contribution is 2.24. The Morgan fingerprint density at radius 1 is 1.30 bits per heavy atom. The average molecular weight is 318 g/mol. The molecule has 1 aromatic rings. The van der Waals surface area contributed by atoms with Crippen LogP contribution in [-0.4, -0.2) is 30.6 Å². The lowest BCUT2D eigenvalue weighted by Crippen LogP contribution is -2.49. The second kappa shape index (κ2) is 7.35. The quantitative estimate of drug-likeness (QED) is 0.897. The van der Waals surface area contributed by atoms with Crippen LogP contribution in [0.15, 0.2) is 24.3 Å². The number of amides is 1. The summed E-state index contributed by atoms with van der Waals surface area (Å²) in [5.74, 6) is 0.698. The van der Waals surface area contributed by atoms with Gasteiger partial charge in [-0.05, 0) is 56.3 Å². The fourth-order valence-electron chi connectivity index (χ4n) is 2.87. The number of piperidine rings is 1. The first-order chi connectivity index (χ1) is 10.8. The van der Waals surface area contributed by atoms with Gasteiger partial charge in [0.25, 0.3) is 5.91 Å². The molecule has 0 saturated carbocycles. The van der Waals surface area contributed by atoms with Gasteiger partial charge in [-0.15, -0.1) is 0 Å². The third-order valence-corrected chi connectivity index (χ3v) is 4.37. The van der Waals surface area contributed by atoms with Crippen LogP contribution in [0.25, 0.3) is 0 Å². The van der Waals surface area contributed by atoms with Crippen LogP contribution in [0.1, 0.15) is 53.0 Å². The van der Waals surface area contributed by atoms with Gasteiger partial charge >= 0.3 is 0 Å². The first-order valence-electron chi connectivity index (χ1n) is 8.56. The Balaban J connectivity index is 1.88. The molecule has 1 aliphatic heterocycles. The predicted molar refractivity (Wildman–Crippen MR) is 93.9 cm³/mol. The Bertz CT molecular complexity index is 519. The Hall–Kier alpha value is -1.55. The molecule has 2 rings (SSSR count). The fourth-order valence-corrected chi connectivity index (χ4v) is 2.87. The van der Waals surface area contributed by atoms with Crippen molar-refractivity contribution < 1.29 is 9.53 Å². The van der Waals surface area contributed by atoms with Crippen LogP contribution in [0.4, 0.5) is 0 Å². The number of hydrogen-bond acceptors (Lipinski definition) is 3. The molecule has 23 heavy (non-hydrogen) atoms. The van der Waals surface area contributed by atoms with Crippen LogP contribution < -0.4 is 15.4 Å². The molecule has 4 heteroatoms. The zero-order valence-electron chi connectivity index (χ0n) is 15.0. The summed E-state index contributed by atoms with van der Waals surface area (Å²) in [5, 5.41) is 6.49. The van der Waals surface area contributed by atoms with Gasteiger partial charge in [-0.3, -0.25) is 4.79 Å². The Morgan fingerprint density at radius 2 is 1.96 bits per heavy atom. The molecule has 1 aliphatic rings. The fraction of sp³-hybridized carbons (Fsp3) is 0.632. The summed E-state index contributed by atoms with van der Waals surface area (Å²) in [5.41, 5.74) is 1.37. The van der Waals surface area contributed by atoms with Gasteiger partial charge in [0.1, 0.15) is 5.75 Å². The van der Waals surface area contributed by atoms with Gasteiger partial charge < -0.3 is 15.4 Å². The van der Waals surface area contributed by atoms with Gasteiger partial charge in [-0.1, -0.05) is 32.9 Å². The van der Waals surface area contributed by atoms with E-state index in [0.29, 0.717) is 6.04 Å². The molecule has 1 saturated heterocycles. The van der Waals surface area contributed by atoms with Crippen molar-refractivity contribution >= 4 is 5.91 Å². The molecular formula is C19H30N2O2. The highest BCUT2D eigenvalue weighted by Gasteiger charge is 2.23. The molecular weight excluding hydrogens is 288 g/mol. The third-order valence-electron chi connectivity index (χ3n) is 4.37. The number of carbonyl (C=O) groups excluding carboxylic acids is 1. The molecule has 0 spiro atoms. The van der Waals surface area contributed by atoms with E-state index in [-0.39, 0.29) is 17.4 Å². The summed E-state index contributed by atoms with van der Waals surface area (Å²) >= 11 is 0. The molecule has 1 heterocycles. The highest BCUT2D eigenvalue weighted by atomic mass is 16.5. The number of rotatable bonds is 4. The summed E-state index contributed by atoms with van der Waals surface area (Å²) < 4.78 is 5.78. The standard InChI is InChI=1S/C19H30N2O2/c1-13-12-16(10-11-20-13)21-18(22)14(2)23-17-8-6-15(7-9-17)19(3,4)5/h6-9,13-14,16,20H,10-12H2,1-5H3,(H,21,22). The molecule has 3 atom stereocenters. The SMILES string of the molecule is CC1CC(NC(=O)C(C)Oc2ccc(C(C)(C)C)cc2)CCN1. The molecule has 128 valence electrons. The third kappa shape index (κ3) is 5.24. The van der Waals surface area contributed by atoms with Crippen molar-refractivity contribution in [3.63, 3.8) is 0 Å². The average Bonchev–Trinajstić information content (AvgIpc) is 2.46. The van der Waals surface area contributed by atoms with Gasteiger partial charge in [0.05, 0.1) is 0 Å². The summed E-state index contributed by atoms with van der Waals surface area (Å²) in [6.45, 7) is 11.4. The smallest absolute Gasteiger partial charge is 0.260 e. The minimum atomic E-state index is -0.485. The number of nitrogens with one attached hydrogen (secondary N) is 2. The minimum absolute atomic E-state index is 0.0380. The summed E-state index contributed by atoms with van der Waals surface area (Å²) in [6.07, 6.45) is 1.46. The van der Waals surface area contributed by atoms with Crippen LogP contribution >= 0.6 is 0 Å². The predicted octanol–water partition coefficient (Wildman–Crippen LogP) is 3.01. The van der Waals surface area contributed by atoms with E-state index in [1.54, 1.807) is 6.92 Å². The van der Waals surface area contributed by atoms with Gasteiger partial charge in [0, 0.05) is 12.1 Å². The van der Waals surface area contributed by atoms with E-state index in [2.05, 4.69) is 50.5 Å². The maximum atomic E-state index is 12.3. The van der Waals surface area contributed by atoms with E-state index in [0.717, 1.165) is 25.1 Å². The van der Waals surface area contributed by atoms with Crippen LogP contribution in [-0.2, 0) is 10.2 Å². The van der Waals surface area contributed by atoms with Crippen molar-refractivity contribution in [3.8, 4) is 5.75 Å². The van der Waals surface area contributed by atoms with E-state index in [4.69, 9.17) is 4.74 Å². The molecule has 2 N–H and O–H groups in total. The van der Waals surface area contributed by atoms with Crippen LogP contribution in [0.5, 0.6) is 5.75 Å². The van der Waals surface area contributed by atoms with Crippen molar-refractivity contribution in [2.24, 2.45) is 0 Å². The van der Waals surface area contributed by atoms with Gasteiger partial charge in [-0.2, -0.15) is 0 Å². The number of hydrogen-bond donors (Lipinski definition) is 2. The monoisotopic (exact) mass is 318 g/mol. The minimum Gasteiger partial charge on any atom is -0.481 e. The van der Waals surface area contributed by atoms with E-state index in [9.17, 15) is 4.79 Å². The van der Waals surface area contributed by atoms with Crippen LogP contribution in [0, 0.1) is 0 Å². The maximum absolute atomic E-state index is 12.3. The topological polar surface area (TPSA) is 50.4 Å². The first kappa shape index (κ1) is 17.8. The highest BCUT2D eigenvalue weighted by molar-refractivity contribution is 5.81. The maximum Gasteiger partial charge on any atom is 0.260 e. The van der Waals surface area contributed by atoms with E-state index < -0.39 is 6.10 Å². The molecule has 1 fully saturated rings. The Morgan fingerprint density at radius 3 is 2.52 bits per heavy atom. The second-order valence-electron chi connectivity index (χ2n) is 7.62. The van der Waals surface area contributed by atoms with E-state index in [1.165, 1.54) is 5.56 Å². The van der Waals surface area contributed by atoms with Crippen LogP contribution in [0.2, 0.25) is 0 Å². The van der Waals surface area contributed by atoms with Gasteiger partial charge in [0.2, 0.25) is 0 Å². The molecule has 0 aliphatic carbocycles. The summed E-state index contributed by atoms with van der Waals surface area (Å²) in [6, 6.07) is 8.71. The second-order valence-corrected chi connectivity index (χ2v) is 7.62. The van der Waals surface area contributed by atoms with Gasteiger partial charge in [0.15, 0.2) is 6.10 Å². The zero-order valence-corrected chi connectivity index (χ0v) is 15.0. The number of carbonyl (C=O) groups is 1. The molecule has 3 unspecified atom stereocenters. The van der Waals surface area contributed by atoms with Crippen molar-refractivity contribution in [1.82, 2.24) is 10.6 Å². The lowest BCUT2D eigenvalue weighted by molar-refractivity contribution is -0.128. The number of benzene rings is 1. The lowest BCUT2D eigenvalue weighted by Gasteiger charge is -2.29. The molecule has 0 radical (unpaired) electrons. The summed E-state index contributed by atoms with van der Waals surface area (Å²) in [4.78, 5) is 12.3. The van der Waals surface area contributed by atoms with Crippen molar-refractivity contribution in [1.29, 1.82) is 0 Å². The lowest BCUT2D eigenvalue weighted by atomic mass is 9.87. The summed E-state index contributed by atoms with van der Waals surface area (Å²) in [7, 11) is 0.